The lowest BCUT2D eigenvalue weighted by atomic mass is 9.66. The zero-order valence-electron chi connectivity index (χ0n) is 12.5. The van der Waals surface area contributed by atoms with E-state index < -0.39 is 0 Å². The molecule has 2 fully saturated rings. The molecule has 118 valence electrons. The number of carbonyl (C=O) groups excluding carboxylic acids is 1. The van der Waals surface area contributed by atoms with Crippen molar-refractivity contribution in [3.63, 3.8) is 0 Å². The van der Waals surface area contributed by atoms with Gasteiger partial charge in [0.1, 0.15) is 0 Å². The second-order valence-corrected chi connectivity index (χ2v) is 6.30. The average Bonchev–Trinajstić information content (AvgIpc) is 2.41. The van der Waals surface area contributed by atoms with Crippen LogP contribution in [0.2, 0.25) is 0 Å². The normalized spacial score (nSPS) is 23.3. The SMILES string of the molecule is CCCC1(CNC(=O)C(N)C2CCOCC2)CCC1.Cl. The topological polar surface area (TPSA) is 64.4 Å². The van der Waals surface area contributed by atoms with Gasteiger partial charge >= 0.3 is 0 Å². The van der Waals surface area contributed by atoms with Crippen molar-refractivity contribution < 1.29 is 9.53 Å². The van der Waals surface area contributed by atoms with Gasteiger partial charge in [0, 0.05) is 19.8 Å². The molecule has 1 aliphatic heterocycles. The molecule has 0 bridgehead atoms. The Morgan fingerprint density at radius 3 is 2.55 bits per heavy atom. The maximum Gasteiger partial charge on any atom is 0.237 e. The van der Waals surface area contributed by atoms with Gasteiger partial charge in [-0.3, -0.25) is 4.79 Å². The Kier molecular flexibility index (Phi) is 7.27. The number of carbonyl (C=O) groups is 1. The molecule has 0 aromatic heterocycles. The summed E-state index contributed by atoms with van der Waals surface area (Å²) >= 11 is 0. The number of nitrogens with two attached hydrogens (primary N) is 1. The first kappa shape index (κ1) is 17.7. The van der Waals surface area contributed by atoms with Crippen LogP contribution in [0, 0.1) is 11.3 Å². The first-order valence-electron chi connectivity index (χ1n) is 7.78. The predicted octanol–water partition coefficient (Wildman–Crippen LogP) is 2.25. The number of hydrogen-bond acceptors (Lipinski definition) is 3. The fourth-order valence-corrected chi connectivity index (χ4v) is 3.40. The third-order valence-electron chi connectivity index (χ3n) is 4.91. The first-order chi connectivity index (χ1) is 9.17. The van der Waals surface area contributed by atoms with Gasteiger partial charge in [-0.25, -0.2) is 0 Å². The summed E-state index contributed by atoms with van der Waals surface area (Å²) in [6.07, 6.45) is 8.06. The Balaban J connectivity index is 0.00000200. The third-order valence-corrected chi connectivity index (χ3v) is 4.91. The highest BCUT2D eigenvalue weighted by atomic mass is 35.5. The predicted molar refractivity (Wildman–Crippen MR) is 83.0 cm³/mol. The summed E-state index contributed by atoms with van der Waals surface area (Å²) in [5.41, 5.74) is 6.46. The van der Waals surface area contributed by atoms with Crippen molar-refractivity contribution in [3.8, 4) is 0 Å². The average molecular weight is 305 g/mol. The van der Waals surface area contributed by atoms with Crippen molar-refractivity contribution in [2.75, 3.05) is 19.8 Å². The van der Waals surface area contributed by atoms with Crippen LogP contribution in [0.3, 0.4) is 0 Å². The maximum atomic E-state index is 12.2. The number of halogens is 1. The Morgan fingerprint density at radius 2 is 2.05 bits per heavy atom. The highest BCUT2D eigenvalue weighted by molar-refractivity contribution is 5.85. The number of nitrogens with one attached hydrogen (secondary N) is 1. The number of rotatable bonds is 6. The van der Waals surface area contributed by atoms with Crippen LogP contribution in [0.1, 0.15) is 51.9 Å². The maximum absolute atomic E-state index is 12.2. The molecule has 1 heterocycles. The van der Waals surface area contributed by atoms with Crippen LogP contribution >= 0.6 is 12.4 Å². The molecule has 1 aliphatic carbocycles. The van der Waals surface area contributed by atoms with E-state index in [4.69, 9.17) is 10.5 Å². The van der Waals surface area contributed by atoms with Crippen LogP contribution in [0.5, 0.6) is 0 Å². The minimum absolute atomic E-state index is 0. The fourth-order valence-electron chi connectivity index (χ4n) is 3.40. The molecule has 0 radical (unpaired) electrons. The lowest BCUT2D eigenvalue weighted by molar-refractivity contribution is -0.125. The van der Waals surface area contributed by atoms with Crippen LogP contribution in [0.4, 0.5) is 0 Å². The molecule has 2 rings (SSSR count). The van der Waals surface area contributed by atoms with Crippen molar-refractivity contribution in [2.45, 2.75) is 57.9 Å². The summed E-state index contributed by atoms with van der Waals surface area (Å²) in [5, 5.41) is 3.10. The molecule has 2 aliphatic rings. The molecule has 1 atom stereocenters. The highest BCUT2D eigenvalue weighted by Crippen LogP contribution is 2.44. The van der Waals surface area contributed by atoms with Crippen LogP contribution in [0.25, 0.3) is 0 Å². The standard InChI is InChI=1S/C15H28N2O2.ClH/c1-2-6-15(7-3-8-15)11-17-14(18)13(16)12-4-9-19-10-5-12;/h12-13H,2-11,16H2,1H3,(H,17,18);1H. The number of ether oxygens (including phenoxy) is 1. The molecule has 1 saturated carbocycles. The zero-order chi connectivity index (χ0) is 13.7. The van der Waals surface area contributed by atoms with E-state index in [0.29, 0.717) is 5.41 Å². The zero-order valence-corrected chi connectivity index (χ0v) is 13.3. The van der Waals surface area contributed by atoms with Gasteiger partial charge in [-0.05, 0) is 43.4 Å². The molecule has 0 aromatic rings. The molecule has 1 amide bonds. The lowest BCUT2D eigenvalue weighted by Gasteiger charge is -2.42. The van der Waals surface area contributed by atoms with Crippen molar-refractivity contribution in [3.05, 3.63) is 0 Å². The van der Waals surface area contributed by atoms with E-state index in [2.05, 4.69) is 12.2 Å². The Hall–Kier alpha value is -0.320. The van der Waals surface area contributed by atoms with E-state index in [0.717, 1.165) is 32.6 Å². The lowest BCUT2D eigenvalue weighted by Crippen LogP contribution is -2.50. The van der Waals surface area contributed by atoms with Crippen molar-refractivity contribution in [1.82, 2.24) is 5.32 Å². The second-order valence-electron chi connectivity index (χ2n) is 6.30. The molecule has 1 unspecified atom stereocenters. The molecule has 20 heavy (non-hydrogen) atoms. The van der Waals surface area contributed by atoms with Crippen molar-refractivity contribution >= 4 is 18.3 Å². The van der Waals surface area contributed by atoms with Gasteiger partial charge in [0.15, 0.2) is 0 Å². The smallest absolute Gasteiger partial charge is 0.237 e. The molecule has 5 heteroatoms. The Bertz CT molecular complexity index is 302. The van der Waals surface area contributed by atoms with Gasteiger partial charge in [0.2, 0.25) is 5.91 Å². The van der Waals surface area contributed by atoms with Crippen molar-refractivity contribution in [1.29, 1.82) is 0 Å². The number of amides is 1. The van der Waals surface area contributed by atoms with E-state index in [1.807, 2.05) is 0 Å². The summed E-state index contributed by atoms with van der Waals surface area (Å²) < 4.78 is 5.32. The Morgan fingerprint density at radius 1 is 1.40 bits per heavy atom. The largest absolute Gasteiger partial charge is 0.381 e. The van der Waals surface area contributed by atoms with Gasteiger partial charge in [0.05, 0.1) is 6.04 Å². The Labute approximate surface area is 128 Å². The van der Waals surface area contributed by atoms with E-state index in [9.17, 15) is 4.79 Å². The van der Waals surface area contributed by atoms with Gasteiger partial charge in [-0.2, -0.15) is 0 Å². The van der Waals surface area contributed by atoms with Crippen LogP contribution in [-0.2, 0) is 9.53 Å². The van der Waals surface area contributed by atoms with Gasteiger partial charge in [0.25, 0.3) is 0 Å². The van der Waals surface area contributed by atoms with Gasteiger partial charge in [-0.1, -0.05) is 19.8 Å². The summed E-state index contributed by atoms with van der Waals surface area (Å²) in [7, 11) is 0. The molecule has 0 aromatic carbocycles. The number of hydrogen-bond donors (Lipinski definition) is 2. The second kappa shape index (κ2) is 8.20. The highest BCUT2D eigenvalue weighted by Gasteiger charge is 2.37. The molecular formula is C15H29ClN2O2. The summed E-state index contributed by atoms with van der Waals surface area (Å²) in [4.78, 5) is 12.2. The molecule has 0 spiro atoms. The van der Waals surface area contributed by atoms with E-state index in [1.165, 1.54) is 32.1 Å². The van der Waals surface area contributed by atoms with Gasteiger partial charge < -0.3 is 15.8 Å². The third kappa shape index (κ3) is 4.34. The van der Waals surface area contributed by atoms with Crippen LogP contribution < -0.4 is 11.1 Å². The fraction of sp³-hybridized carbons (Fsp3) is 0.933. The van der Waals surface area contributed by atoms with Crippen LogP contribution in [-0.4, -0.2) is 31.7 Å². The summed E-state index contributed by atoms with van der Waals surface area (Å²) in [5.74, 6) is 0.326. The first-order valence-corrected chi connectivity index (χ1v) is 7.78. The molecular weight excluding hydrogens is 276 g/mol. The van der Waals surface area contributed by atoms with E-state index >= 15 is 0 Å². The van der Waals surface area contributed by atoms with Gasteiger partial charge in [-0.15, -0.1) is 12.4 Å². The summed E-state index contributed by atoms with van der Waals surface area (Å²) in [6, 6.07) is -0.359. The van der Waals surface area contributed by atoms with Crippen LogP contribution in [0.15, 0.2) is 0 Å². The monoisotopic (exact) mass is 304 g/mol. The molecule has 4 nitrogen and oxygen atoms in total. The van der Waals surface area contributed by atoms with Crippen molar-refractivity contribution in [2.24, 2.45) is 17.1 Å². The molecule has 1 saturated heterocycles. The molecule has 3 N–H and O–H groups in total. The summed E-state index contributed by atoms with van der Waals surface area (Å²) in [6.45, 7) is 4.52. The quantitative estimate of drug-likeness (QED) is 0.791. The minimum atomic E-state index is -0.359. The minimum Gasteiger partial charge on any atom is -0.381 e. The van der Waals surface area contributed by atoms with E-state index in [1.54, 1.807) is 0 Å². The van der Waals surface area contributed by atoms with E-state index in [-0.39, 0.29) is 30.3 Å².